The minimum Gasteiger partial charge on any atom is -0.339 e. The van der Waals surface area contributed by atoms with Crippen molar-refractivity contribution in [3.8, 4) is 10.7 Å². The maximum absolute atomic E-state index is 5.51. The first-order chi connectivity index (χ1) is 11.4. The van der Waals surface area contributed by atoms with Gasteiger partial charge in [-0.1, -0.05) is 17.3 Å². The van der Waals surface area contributed by atoms with E-state index in [1.807, 2.05) is 28.8 Å². The van der Waals surface area contributed by atoms with Crippen LogP contribution in [0.3, 0.4) is 0 Å². The summed E-state index contributed by atoms with van der Waals surface area (Å²) in [6.45, 7) is 3.39. The van der Waals surface area contributed by atoms with Crippen LogP contribution in [-0.2, 0) is 6.42 Å². The molecule has 4 rings (SSSR count). The summed E-state index contributed by atoms with van der Waals surface area (Å²) < 4.78 is 5.51. The summed E-state index contributed by atoms with van der Waals surface area (Å²) in [4.78, 5) is 9.71. The van der Waals surface area contributed by atoms with Gasteiger partial charge in [-0.15, -0.1) is 22.7 Å². The van der Waals surface area contributed by atoms with Crippen LogP contribution in [0, 0.1) is 0 Å². The predicted molar refractivity (Wildman–Crippen MR) is 94.0 cm³/mol. The Morgan fingerprint density at radius 1 is 1.13 bits per heavy atom. The van der Waals surface area contributed by atoms with Gasteiger partial charge in [-0.3, -0.25) is 0 Å². The normalized spacial score (nSPS) is 16.9. The lowest BCUT2D eigenvalue weighted by molar-refractivity contribution is 0.196. The van der Waals surface area contributed by atoms with E-state index in [0.717, 1.165) is 55.5 Å². The molecule has 0 N–H and O–H groups in total. The molecular weight excluding hydrogens is 326 g/mol. The highest BCUT2D eigenvalue weighted by atomic mass is 32.1. The molecular formula is C17H19N3OS2. The molecule has 0 atom stereocenters. The quantitative estimate of drug-likeness (QED) is 0.692. The Morgan fingerprint density at radius 2 is 1.96 bits per heavy atom. The Balaban J connectivity index is 1.31. The minimum absolute atomic E-state index is 0.411. The second-order valence-corrected chi connectivity index (χ2v) is 7.86. The van der Waals surface area contributed by atoms with Crippen LogP contribution >= 0.6 is 22.7 Å². The van der Waals surface area contributed by atoms with Gasteiger partial charge >= 0.3 is 0 Å². The second-order valence-electron chi connectivity index (χ2n) is 5.88. The molecule has 23 heavy (non-hydrogen) atoms. The maximum Gasteiger partial charge on any atom is 0.230 e. The van der Waals surface area contributed by atoms with Crippen LogP contribution in [0.4, 0.5) is 0 Å². The van der Waals surface area contributed by atoms with Crippen molar-refractivity contribution < 1.29 is 4.52 Å². The van der Waals surface area contributed by atoms with Crippen LogP contribution in [0.15, 0.2) is 39.5 Å². The highest BCUT2D eigenvalue weighted by Crippen LogP contribution is 2.29. The Morgan fingerprint density at radius 3 is 2.70 bits per heavy atom. The SMILES string of the molecule is c1csc(CCN2CCC(c3nc(-c4cccs4)no3)CC2)c1. The van der Waals surface area contributed by atoms with E-state index in [4.69, 9.17) is 4.52 Å². The lowest BCUT2D eigenvalue weighted by atomic mass is 9.96. The van der Waals surface area contributed by atoms with E-state index < -0.39 is 0 Å². The second kappa shape index (κ2) is 6.95. The minimum atomic E-state index is 0.411. The number of hydrogen-bond donors (Lipinski definition) is 0. The van der Waals surface area contributed by atoms with Crippen molar-refractivity contribution >= 4 is 22.7 Å². The van der Waals surface area contributed by atoms with Gasteiger partial charge in [0.05, 0.1) is 4.88 Å². The molecule has 120 valence electrons. The fourth-order valence-corrected chi connectivity index (χ4v) is 4.38. The fraction of sp³-hybridized carbons (Fsp3) is 0.412. The molecule has 1 fully saturated rings. The molecule has 4 nitrogen and oxygen atoms in total. The van der Waals surface area contributed by atoms with E-state index in [1.54, 1.807) is 11.3 Å². The van der Waals surface area contributed by atoms with Gasteiger partial charge in [0.1, 0.15) is 0 Å². The van der Waals surface area contributed by atoms with Gasteiger partial charge in [0, 0.05) is 17.3 Å². The molecule has 3 aromatic heterocycles. The van der Waals surface area contributed by atoms with E-state index in [9.17, 15) is 0 Å². The van der Waals surface area contributed by atoms with Crippen molar-refractivity contribution in [1.29, 1.82) is 0 Å². The zero-order valence-electron chi connectivity index (χ0n) is 12.9. The molecule has 6 heteroatoms. The predicted octanol–water partition coefficient (Wildman–Crippen LogP) is 4.28. The third-order valence-corrected chi connectivity index (χ3v) is 6.18. The van der Waals surface area contributed by atoms with Crippen LogP contribution in [0.2, 0.25) is 0 Å². The van der Waals surface area contributed by atoms with Gasteiger partial charge in [-0.05, 0) is 55.2 Å². The third kappa shape index (κ3) is 3.54. The number of hydrogen-bond acceptors (Lipinski definition) is 6. The summed E-state index contributed by atoms with van der Waals surface area (Å²) in [6.07, 6.45) is 3.37. The smallest absolute Gasteiger partial charge is 0.230 e. The highest BCUT2D eigenvalue weighted by molar-refractivity contribution is 7.13. The lowest BCUT2D eigenvalue weighted by Crippen LogP contribution is -2.34. The number of likely N-dealkylation sites (tertiary alicyclic amines) is 1. The fourth-order valence-electron chi connectivity index (χ4n) is 3.03. The lowest BCUT2D eigenvalue weighted by Gasteiger charge is -2.30. The standard InChI is InChI=1S/C17H19N3OS2/c1-3-14(22-11-1)7-10-20-8-5-13(6-9-20)17-18-16(19-21-17)15-4-2-12-23-15/h1-4,11-13H,5-10H2. The van der Waals surface area contributed by atoms with E-state index in [2.05, 4.69) is 32.6 Å². The maximum atomic E-state index is 5.51. The van der Waals surface area contributed by atoms with Gasteiger partial charge in [-0.2, -0.15) is 4.98 Å². The van der Waals surface area contributed by atoms with Crippen LogP contribution in [-0.4, -0.2) is 34.7 Å². The number of rotatable bonds is 5. The summed E-state index contributed by atoms with van der Waals surface area (Å²) in [6, 6.07) is 8.41. The van der Waals surface area contributed by atoms with Gasteiger partial charge in [0.2, 0.25) is 11.7 Å². The van der Waals surface area contributed by atoms with Gasteiger partial charge in [0.25, 0.3) is 0 Å². The average molecular weight is 345 g/mol. The van der Waals surface area contributed by atoms with E-state index in [0.29, 0.717) is 5.92 Å². The van der Waals surface area contributed by atoms with Crippen molar-refractivity contribution in [3.63, 3.8) is 0 Å². The molecule has 1 saturated heterocycles. The zero-order valence-corrected chi connectivity index (χ0v) is 14.5. The third-order valence-electron chi connectivity index (χ3n) is 4.37. The molecule has 0 spiro atoms. The molecule has 0 aliphatic carbocycles. The zero-order chi connectivity index (χ0) is 15.5. The van der Waals surface area contributed by atoms with Crippen molar-refractivity contribution in [3.05, 3.63) is 45.8 Å². The molecule has 4 heterocycles. The Kier molecular flexibility index (Phi) is 4.55. The Labute approximate surface area is 143 Å². The van der Waals surface area contributed by atoms with Crippen molar-refractivity contribution in [2.24, 2.45) is 0 Å². The molecule has 0 bridgehead atoms. The van der Waals surface area contributed by atoms with E-state index >= 15 is 0 Å². The molecule has 0 aromatic carbocycles. The molecule has 1 aliphatic heterocycles. The van der Waals surface area contributed by atoms with Crippen molar-refractivity contribution in [2.45, 2.75) is 25.2 Å². The first-order valence-electron chi connectivity index (χ1n) is 8.01. The monoisotopic (exact) mass is 345 g/mol. The summed E-state index contributed by atoms with van der Waals surface area (Å²) >= 11 is 3.50. The summed E-state index contributed by atoms with van der Waals surface area (Å²) in [5, 5.41) is 8.33. The molecule has 3 aromatic rings. The number of nitrogens with zero attached hydrogens (tertiary/aromatic N) is 3. The van der Waals surface area contributed by atoms with Crippen molar-refractivity contribution in [1.82, 2.24) is 15.0 Å². The van der Waals surface area contributed by atoms with E-state index in [1.165, 1.54) is 4.88 Å². The topological polar surface area (TPSA) is 42.2 Å². The summed E-state index contributed by atoms with van der Waals surface area (Å²) in [7, 11) is 0. The molecule has 0 radical (unpaired) electrons. The molecule has 0 unspecified atom stereocenters. The van der Waals surface area contributed by atoms with Crippen LogP contribution in [0.1, 0.15) is 29.5 Å². The number of aromatic nitrogens is 2. The number of piperidine rings is 1. The number of thiophene rings is 2. The largest absolute Gasteiger partial charge is 0.339 e. The Bertz CT molecular complexity index is 713. The van der Waals surface area contributed by atoms with Crippen LogP contribution < -0.4 is 0 Å². The summed E-state index contributed by atoms with van der Waals surface area (Å²) in [5.74, 6) is 1.95. The molecule has 1 aliphatic rings. The van der Waals surface area contributed by atoms with Gasteiger partial charge in [-0.25, -0.2) is 0 Å². The van der Waals surface area contributed by atoms with Crippen LogP contribution in [0.25, 0.3) is 10.7 Å². The molecule has 0 saturated carbocycles. The first-order valence-corrected chi connectivity index (χ1v) is 9.76. The van der Waals surface area contributed by atoms with E-state index in [-0.39, 0.29) is 0 Å². The summed E-state index contributed by atoms with van der Waals surface area (Å²) in [5.41, 5.74) is 0. The highest BCUT2D eigenvalue weighted by Gasteiger charge is 2.25. The average Bonchev–Trinajstić information content (AvgIpc) is 3.35. The Hall–Kier alpha value is -1.50. The van der Waals surface area contributed by atoms with Gasteiger partial charge < -0.3 is 9.42 Å². The van der Waals surface area contributed by atoms with Gasteiger partial charge in [0.15, 0.2) is 0 Å². The first kappa shape index (κ1) is 15.1. The molecule has 0 amide bonds. The van der Waals surface area contributed by atoms with Crippen molar-refractivity contribution in [2.75, 3.05) is 19.6 Å². The van der Waals surface area contributed by atoms with Crippen LogP contribution in [0.5, 0.6) is 0 Å².